The standard InChI is InChI=1S/C52H66ClN7O7/c1-33(2)25-28-65-44-23-21-36-14-5-7-17-39(36)47(44)48-40-18-8-6-15-37(40)22-24-45(48)66-32-46(61)58-41(19-9-10-26-54)49(62)59-42(20-12-27-57-52(55)56)50(63)60-43(29-34(3)4)51(64)67-31-35-13-11-16-38(53)30-35/h5-8,11,13-18,21-24,30,33-34,41-43H,9-10,12,19-20,25-29,31-32,54H2,1-4H3,(H,58,61)(H,59,62)(H,60,63)(H4,55,56,57)/p+2/t41-,42-,43+/m1/s1. The van der Waals surface area contributed by atoms with Gasteiger partial charge in [-0.1, -0.05) is 112 Å². The Morgan fingerprint density at radius 1 is 0.672 bits per heavy atom. The summed E-state index contributed by atoms with van der Waals surface area (Å²) in [6.45, 7) is 9.21. The van der Waals surface area contributed by atoms with Gasteiger partial charge in [0.15, 0.2) is 6.61 Å². The molecule has 14 nitrogen and oxygen atoms in total. The molecule has 0 aromatic heterocycles. The molecule has 0 unspecified atom stereocenters. The van der Waals surface area contributed by atoms with E-state index in [4.69, 9.17) is 37.3 Å². The second-order valence-corrected chi connectivity index (χ2v) is 18.1. The van der Waals surface area contributed by atoms with E-state index in [9.17, 15) is 19.2 Å². The third kappa shape index (κ3) is 15.9. The largest absolute Gasteiger partial charge is 0.493 e. The van der Waals surface area contributed by atoms with Gasteiger partial charge in [-0.3, -0.25) is 30.8 Å². The maximum Gasteiger partial charge on any atom is 0.338 e. The fraction of sp³-hybridized carbons (Fsp3) is 0.404. The van der Waals surface area contributed by atoms with E-state index in [1.165, 1.54) is 0 Å². The zero-order valence-electron chi connectivity index (χ0n) is 39.2. The number of halogens is 1. The Labute approximate surface area is 398 Å². The van der Waals surface area contributed by atoms with E-state index in [0.717, 1.165) is 39.1 Å². The number of hydrogen-bond donors (Lipinski definition) is 7. The number of fused-ring (bicyclic) bond motifs is 2. The van der Waals surface area contributed by atoms with Crippen LogP contribution in [0.1, 0.15) is 78.2 Å². The van der Waals surface area contributed by atoms with Gasteiger partial charge < -0.3 is 35.9 Å². The molecule has 0 heterocycles. The molecule has 3 amide bonds. The minimum atomic E-state index is -1.09. The molecule has 5 aromatic carbocycles. The first-order valence-electron chi connectivity index (χ1n) is 23.3. The summed E-state index contributed by atoms with van der Waals surface area (Å²) in [5.74, 6) is -0.639. The third-order valence-electron chi connectivity index (χ3n) is 11.2. The highest BCUT2D eigenvalue weighted by Gasteiger charge is 2.31. The quantitative estimate of drug-likeness (QED) is 0.0173. The lowest BCUT2D eigenvalue weighted by molar-refractivity contribution is -0.459. The van der Waals surface area contributed by atoms with Crippen molar-refractivity contribution in [3.05, 3.63) is 108 Å². The lowest BCUT2D eigenvalue weighted by Gasteiger charge is -2.26. The molecule has 0 bridgehead atoms. The second-order valence-electron chi connectivity index (χ2n) is 17.6. The van der Waals surface area contributed by atoms with E-state index in [-0.39, 0.29) is 37.7 Å². The Hall–Kier alpha value is -6.38. The third-order valence-corrected chi connectivity index (χ3v) is 11.4. The number of nitrogens with one attached hydrogen (secondary N) is 4. The van der Waals surface area contributed by atoms with Crippen LogP contribution in [0.4, 0.5) is 0 Å². The van der Waals surface area contributed by atoms with Gasteiger partial charge in [-0.15, -0.1) is 0 Å². The van der Waals surface area contributed by atoms with Gasteiger partial charge in [0.1, 0.15) is 36.2 Å². The molecule has 3 atom stereocenters. The van der Waals surface area contributed by atoms with E-state index >= 15 is 0 Å². The SMILES string of the molecule is CC(C)CCOc1ccc2ccccc2c1-c1c(OCC(=O)N[C@H](CCCC[NH3+])C(=O)N[C@H](CCC[NH+]=C(N)N)C(=O)N[C@@H](CC(C)C)C(=O)OCc2cccc(Cl)c2)ccc2ccccc12. The number of hydrogen-bond acceptors (Lipinski definition) is 7. The van der Waals surface area contributed by atoms with Crippen molar-refractivity contribution in [2.75, 3.05) is 26.3 Å². The highest BCUT2D eigenvalue weighted by Crippen LogP contribution is 2.45. The predicted octanol–water partition coefficient (Wildman–Crippen LogP) is 4.91. The first kappa shape index (κ1) is 51.6. The Balaban J connectivity index is 1.37. The normalized spacial score (nSPS) is 12.6. The lowest BCUT2D eigenvalue weighted by Crippen LogP contribution is -2.78. The molecule has 11 N–H and O–H groups in total. The molecule has 0 radical (unpaired) electrons. The smallest absolute Gasteiger partial charge is 0.338 e. The zero-order chi connectivity index (χ0) is 48.3. The molecule has 0 spiro atoms. The van der Waals surface area contributed by atoms with Crippen molar-refractivity contribution < 1.29 is 44.1 Å². The molecule has 358 valence electrons. The Morgan fingerprint density at radius 3 is 1.87 bits per heavy atom. The Kier molecular flexibility index (Phi) is 20.1. The predicted molar refractivity (Wildman–Crippen MR) is 264 cm³/mol. The van der Waals surface area contributed by atoms with Crippen molar-refractivity contribution in [2.45, 2.75) is 97.4 Å². The van der Waals surface area contributed by atoms with Crippen molar-refractivity contribution in [3.63, 3.8) is 0 Å². The Bertz CT molecular complexity index is 2470. The number of esters is 1. The van der Waals surface area contributed by atoms with Gasteiger partial charge in [0.25, 0.3) is 5.91 Å². The van der Waals surface area contributed by atoms with Crippen LogP contribution in [0.15, 0.2) is 97.1 Å². The average Bonchev–Trinajstić information content (AvgIpc) is 3.30. The summed E-state index contributed by atoms with van der Waals surface area (Å²) in [5, 5.41) is 13.0. The summed E-state index contributed by atoms with van der Waals surface area (Å²) in [4.78, 5) is 58.5. The minimum Gasteiger partial charge on any atom is -0.493 e. The van der Waals surface area contributed by atoms with Crippen LogP contribution in [0.25, 0.3) is 32.7 Å². The topological polar surface area (TPSA) is 226 Å². The van der Waals surface area contributed by atoms with E-state index in [0.29, 0.717) is 67.0 Å². The molecule has 67 heavy (non-hydrogen) atoms. The molecule has 0 saturated carbocycles. The fourth-order valence-electron chi connectivity index (χ4n) is 7.76. The number of quaternary nitrogens is 1. The van der Waals surface area contributed by atoms with Crippen LogP contribution >= 0.6 is 11.6 Å². The van der Waals surface area contributed by atoms with Crippen molar-refractivity contribution in [1.29, 1.82) is 0 Å². The molecule has 15 heteroatoms. The number of carbonyl (C=O) groups is 4. The summed E-state index contributed by atoms with van der Waals surface area (Å²) in [5.41, 5.74) is 17.5. The van der Waals surface area contributed by atoms with Gasteiger partial charge in [-0.05, 0) is 108 Å². The Morgan fingerprint density at radius 2 is 1.27 bits per heavy atom. The molecule has 5 rings (SSSR count). The molecule has 0 aliphatic rings. The number of amides is 3. The zero-order valence-corrected chi connectivity index (χ0v) is 40.0. The van der Waals surface area contributed by atoms with Crippen molar-refractivity contribution in [1.82, 2.24) is 16.0 Å². The second kappa shape index (κ2) is 26.1. The summed E-state index contributed by atoms with van der Waals surface area (Å²) >= 11 is 6.13. The maximum absolute atomic E-state index is 14.2. The number of unbranched alkanes of at least 4 members (excludes halogenated alkanes) is 1. The van der Waals surface area contributed by atoms with E-state index in [2.05, 4.69) is 52.7 Å². The van der Waals surface area contributed by atoms with E-state index < -0.39 is 48.4 Å². The van der Waals surface area contributed by atoms with Gasteiger partial charge in [0.05, 0.1) is 19.7 Å². The minimum absolute atomic E-state index is 0.0158. The molecule has 0 saturated heterocycles. The first-order valence-corrected chi connectivity index (χ1v) is 23.6. The molecular formula is C52H68ClN7O7+2. The van der Waals surface area contributed by atoms with Crippen LogP contribution in [0.3, 0.4) is 0 Å². The fourth-order valence-corrected chi connectivity index (χ4v) is 7.97. The number of nitrogens with two attached hydrogens (primary N) is 2. The summed E-state index contributed by atoms with van der Waals surface area (Å²) in [6.07, 6.45) is 3.28. The van der Waals surface area contributed by atoms with Gasteiger partial charge in [0.2, 0.25) is 11.8 Å². The van der Waals surface area contributed by atoms with Crippen LogP contribution in [0, 0.1) is 11.8 Å². The maximum atomic E-state index is 14.2. The van der Waals surface area contributed by atoms with Crippen molar-refractivity contribution in [2.24, 2.45) is 23.3 Å². The van der Waals surface area contributed by atoms with Gasteiger partial charge in [0, 0.05) is 16.1 Å². The first-order chi connectivity index (χ1) is 32.2. The summed E-state index contributed by atoms with van der Waals surface area (Å²) in [7, 11) is 0. The number of guanidine groups is 1. The monoisotopic (exact) mass is 937 g/mol. The van der Waals surface area contributed by atoms with Crippen LogP contribution in [0.2, 0.25) is 5.02 Å². The van der Waals surface area contributed by atoms with Gasteiger partial charge in [-0.25, -0.2) is 4.79 Å². The molecule has 0 aliphatic heterocycles. The number of benzene rings is 5. The molecule has 5 aromatic rings. The highest BCUT2D eigenvalue weighted by molar-refractivity contribution is 6.30. The van der Waals surface area contributed by atoms with Crippen LogP contribution in [-0.2, 0) is 30.5 Å². The number of rotatable bonds is 26. The van der Waals surface area contributed by atoms with Crippen LogP contribution < -0.4 is 47.6 Å². The lowest BCUT2D eigenvalue weighted by atomic mass is 9.92. The summed E-state index contributed by atoms with van der Waals surface area (Å²) < 4.78 is 18.5. The summed E-state index contributed by atoms with van der Waals surface area (Å²) in [6, 6.07) is 27.8. The van der Waals surface area contributed by atoms with Crippen molar-refractivity contribution in [3.8, 4) is 22.6 Å². The average molecular weight is 939 g/mol. The number of ether oxygens (including phenoxy) is 3. The highest BCUT2D eigenvalue weighted by atomic mass is 35.5. The number of carbonyl (C=O) groups excluding carboxylic acids is 4. The van der Waals surface area contributed by atoms with Crippen molar-refractivity contribution >= 4 is 62.8 Å². The van der Waals surface area contributed by atoms with Crippen LogP contribution in [-0.4, -0.2) is 74.1 Å². The van der Waals surface area contributed by atoms with Gasteiger partial charge >= 0.3 is 11.9 Å². The van der Waals surface area contributed by atoms with E-state index in [1.54, 1.807) is 24.3 Å². The molecular weight excluding hydrogens is 870 g/mol. The van der Waals surface area contributed by atoms with Gasteiger partial charge in [-0.2, -0.15) is 0 Å². The van der Waals surface area contributed by atoms with Crippen LogP contribution in [0.5, 0.6) is 11.5 Å². The molecule has 0 fully saturated rings. The molecule has 0 aliphatic carbocycles. The van der Waals surface area contributed by atoms with E-state index in [1.807, 2.05) is 74.5 Å².